The summed E-state index contributed by atoms with van der Waals surface area (Å²) in [5.74, 6) is 2.43. The van der Waals surface area contributed by atoms with Crippen molar-refractivity contribution in [3.63, 3.8) is 0 Å². The normalized spacial score (nSPS) is 24.9. The minimum absolute atomic E-state index is 0.193. The Bertz CT molecular complexity index is 620. The third-order valence-corrected chi connectivity index (χ3v) is 6.02. The fraction of sp³-hybridized carbons (Fsp3) is 0.750. The second kappa shape index (κ2) is 9.24. The maximum absolute atomic E-state index is 11.5. The van der Waals surface area contributed by atoms with Crippen LogP contribution in [0.15, 0.2) is 23.7 Å². The van der Waals surface area contributed by atoms with E-state index < -0.39 is 0 Å². The van der Waals surface area contributed by atoms with Crippen LogP contribution in [0, 0.1) is 11.8 Å². The van der Waals surface area contributed by atoms with E-state index in [0.29, 0.717) is 17.9 Å². The van der Waals surface area contributed by atoms with Gasteiger partial charge in [0.05, 0.1) is 12.4 Å². The molecule has 2 saturated heterocycles. The molecule has 7 nitrogen and oxygen atoms in total. The third-order valence-electron chi connectivity index (χ3n) is 6.02. The number of hydrogen-bond donors (Lipinski definition) is 1. The number of carbonyl (C=O) groups excluding carboxylic acids is 1. The molecule has 150 valence electrons. The van der Waals surface area contributed by atoms with Crippen LogP contribution in [-0.4, -0.2) is 70.5 Å². The number of rotatable bonds is 4. The first-order valence-corrected chi connectivity index (χ1v) is 10.3. The number of guanidine groups is 1. The Labute approximate surface area is 162 Å². The van der Waals surface area contributed by atoms with Gasteiger partial charge < -0.3 is 19.7 Å². The highest BCUT2D eigenvalue weighted by Gasteiger charge is 2.29. The van der Waals surface area contributed by atoms with Crippen LogP contribution in [0.3, 0.4) is 0 Å². The molecule has 0 aromatic carbocycles. The first kappa shape index (κ1) is 19.7. The molecule has 2 atom stereocenters. The van der Waals surface area contributed by atoms with Crippen molar-refractivity contribution in [2.24, 2.45) is 16.8 Å². The van der Waals surface area contributed by atoms with Crippen molar-refractivity contribution in [3.8, 4) is 0 Å². The molecular formula is C20H34N6O. The Morgan fingerprint density at radius 2 is 1.96 bits per heavy atom. The highest BCUT2D eigenvalue weighted by molar-refractivity contribution is 5.80. The number of nitrogens with one attached hydrogen (secondary N) is 1. The monoisotopic (exact) mass is 374 g/mol. The van der Waals surface area contributed by atoms with Gasteiger partial charge >= 0.3 is 0 Å². The molecule has 27 heavy (non-hydrogen) atoms. The Kier molecular flexibility index (Phi) is 6.74. The Morgan fingerprint density at radius 3 is 2.59 bits per heavy atom. The molecule has 0 spiro atoms. The van der Waals surface area contributed by atoms with Gasteiger partial charge in [-0.2, -0.15) is 0 Å². The lowest BCUT2D eigenvalue weighted by molar-refractivity contribution is -0.130. The zero-order valence-corrected chi connectivity index (χ0v) is 17.0. The summed E-state index contributed by atoms with van der Waals surface area (Å²) in [4.78, 5) is 25.0. The Balaban J connectivity index is 1.61. The van der Waals surface area contributed by atoms with E-state index >= 15 is 0 Å². The van der Waals surface area contributed by atoms with Crippen molar-refractivity contribution in [2.75, 3.05) is 39.3 Å². The fourth-order valence-corrected chi connectivity index (χ4v) is 4.17. The quantitative estimate of drug-likeness (QED) is 0.647. The molecule has 1 aromatic heterocycles. The molecule has 3 rings (SSSR count). The van der Waals surface area contributed by atoms with E-state index in [1.165, 1.54) is 0 Å². The number of imidazole rings is 1. The van der Waals surface area contributed by atoms with E-state index in [4.69, 9.17) is 4.99 Å². The molecular weight excluding hydrogens is 340 g/mol. The van der Waals surface area contributed by atoms with Crippen LogP contribution in [0.5, 0.6) is 0 Å². The van der Waals surface area contributed by atoms with E-state index in [9.17, 15) is 4.79 Å². The molecule has 1 amide bonds. The highest BCUT2D eigenvalue weighted by Crippen LogP contribution is 2.27. The Hall–Kier alpha value is -2.05. The van der Waals surface area contributed by atoms with E-state index in [2.05, 4.69) is 39.8 Å². The van der Waals surface area contributed by atoms with E-state index in [-0.39, 0.29) is 5.91 Å². The topological polar surface area (TPSA) is 65.8 Å². The molecule has 7 heteroatoms. The molecule has 3 heterocycles. The molecule has 0 radical (unpaired) electrons. The Morgan fingerprint density at radius 1 is 1.22 bits per heavy atom. The highest BCUT2D eigenvalue weighted by atomic mass is 16.2. The molecule has 2 unspecified atom stereocenters. The predicted octanol–water partition coefficient (Wildman–Crippen LogP) is 1.99. The first-order valence-electron chi connectivity index (χ1n) is 10.3. The SMILES string of the molecule is CCNC(=NCC1CCN(C(C)=O)CC1)N1CCC(C)C(n2ccnc2)C1. The van der Waals surface area contributed by atoms with E-state index in [0.717, 1.165) is 64.5 Å². The lowest BCUT2D eigenvalue weighted by Crippen LogP contribution is -2.49. The van der Waals surface area contributed by atoms with Crippen molar-refractivity contribution in [1.29, 1.82) is 0 Å². The second-order valence-corrected chi connectivity index (χ2v) is 7.93. The van der Waals surface area contributed by atoms with Crippen molar-refractivity contribution >= 4 is 11.9 Å². The van der Waals surface area contributed by atoms with Gasteiger partial charge in [0.1, 0.15) is 0 Å². The average Bonchev–Trinajstić information content (AvgIpc) is 3.20. The summed E-state index contributed by atoms with van der Waals surface area (Å²) in [5, 5.41) is 3.49. The molecule has 1 aromatic rings. The van der Waals surface area contributed by atoms with Crippen molar-refractivity contribution in [2.45, 2.75) is 46.1 Å². The third kappa shape index (κ3) is 5.02. The van der Waals surface area contributed by atoms with Crippen molar-refractivity contribution in [1.82, 2.24) is 24.7 Å². The molecule has 1 N–H and O–H groups in total. The number of likely N-dealkylation sites (tertiary alicyclic amines) is 2. The van der Waals surface area contributed by atoms with Gasteiger partial charge in [-0.1, -0.05) is 6.92 Å². The summed E-state index contributed by atoms with van der Waals surface area (Å²) in [6.07, 6.45) is 9.12. The van der Waals surface area contributed by atoms with Crippen LogP contribution in [0.4, 0.5) is 0 Å². The lowest BCUT2D eigenvalue weighted by Gasteiger charge is -2.39. The van der Waals surface area contributed by atoms with Crippen molar-refractivity contribution < 1.29 is 4.79 Å². The van der Waals surface area contributed by atoms with Gasteiger partial charge in [-0.25, -0.2) is 4.98 Å². The summed E-state index contributed by atoms with van der Waals surface area (Å²) < 4.78 is 2.23. The van der Waals surface area contributed by atoms with Crippen LogP contribution >= 0.6 is 0 Å². The smallest absolute Gasteiger partial charge is 0.219 e. The molecule has 0 bridgehead atoms. The number of amides is 1. The zero-order valence-electron chi connectivity index (χ0n) is 17.0. The average molecular weight is 375 g/mol. The number of aromatic nitrogens is 2. The summed E-state index contributed by atoms with van der Waals surface area (Å²) in [7, 11) is 0. The largest absolute Gasteiger partial charge is 0.357 e. The van der Waals surface area contributed by atoms with Gasteiger partial charge in [0, 0.05) is 58.6 Å². The number of carbonyl (C=O) groups is 1. The predicted molar refractivity (Wildman–Crippen MR) is 108 cm³/mol. The second-order valence-electron chi connectivity index (χ2n) is 7.93. The minimum Gasteiger partial charge on any atom is -0.357 e. The molecule has 0 saturated carbocycles. The van der Waals surface area contributed by atoms with Crippen LogP contribution in [-0.2, 0) is 4.79 Å². The summed E-state index contributed by atoms with van der Waals surface area (Å²) >= 11 is 0. The van der Waals surface area contributed by atoms with E-state index in [1.807, 2.05) is 17.4 Å². The zero-order chi connectivity index (χ0) is 19.2. The van der Waals surface area contributed by atoms with Gasteiger partial charge in [-0.3, -0.25) is 9.79 Å². The fourth-order valence-electron chi connectivity index (χ4n) is 4.17. The maximum atomic E-state index is 11.5. The first-order chi connectivity index (χ1) is 13.1. The van der Waals surface area contributed by atoms with Gasteiger partial charge in [0.25, 0.3) is 0 Å². The van der Waals surface area contributed by atoms with Gasteiger partial charge in [0.15, 0.2) is 5.96 Å². The van der Waals surface area contributed by atoms with Gasteiger partial charge in [-0.05, 0) is 38.0 Å². The van der Waals surface area contributed by atoms with Crippen LogP contribution in [0.2, 0.25) is 0 Å². The molecule has 0 aliphatic carbocycles. The maximum Gasteiger partial charge on any atom is 0.219 e. The standard InChI is InChI=1S/C20H34N6O/c1-4-22-20(23-13-18-6-10-24(11-7-18)17(3)27)25-9-5-16(2)19(14-25)26-12-8-21-15-26/h8,12,15-16,18-19H,4-7,9-11,13-14H2,1-3H3,(H,22,23). The number of aliphatic imine (C=N–C) groups is 1. The van der Waals surface area contributed by atoms with Crippen molar-refractivity contribution in [3.05, 3.63) is 18.7 Å². The molecule has 2 aliphatic heterocycles. The lowest BCUT2D eigenvalue weighted by atomic mass is 9.93. The number of nitrogens with zero attached hydrogens (tertiary/aromatic N) is 5. The van der Waals surface area contributed by atoms with Crippen LogP contribution in [0.25, 0.3) is 0 Å². The number of hydrogen-bond acceptors (Lipinski definition) is 3. The summed E-state index contributed by atoms with van der Waals surface area (Å²) in [6, 6.07) is 0.434. The van der Waals surface area contributed by atoms with Crippen LogP contribution < -0.4 is 5.32 Å². The van der Waals surface area contributed by atoms with Crippen LogP contribution in [0.1, 0.15) is 46.1 Å². The summed E-state index contributed by atoms with van der Waals surface area (Å²) in [6.45, 7) is 11.6. The molecule has 2 aliphatic rings. The molecule has 2 fully saturated rings. The van der Waals surface area contributed by atoms with Gasteiger partial charge in [-0.15, -0.1) is 0 Å². The van der Waals surface area contributed by atoms with Gasteiger partial charge in [0.2, 0.25) is 5.91 Å². The summed E-state index contributed by atoms with van der Waals surface area (Å²) in [5.41, 5.74) is 0. The van der Waals surface area contributed by atoms with E-state index in [1.54, 1.807) is 6.92 Å². The minimum atomic E-state index is 0.193. The number of piperidine rings is 2.